The molecule has 4 nitrogen and oxygen atoms in total. The molecule has 0 aliphatic carbocycles. The molecule has 0 aliphatic heterocycles. The molecule has 1 aromatic carbocycles. The molecule has 0 spiro atoms. The van der Waals surface area contributed by atoms with E-state index in [1.54, 1.807) is 24.3 Å². The number of alkyl halides is 1. The van der Waals surface area contributed by atoms with Crippen LogP contribution in [-0.2, 0) is 9.53 Å². The third kappa shape index (κ3) is 4.48. The number of ether oxygens (including phenoxy) is 1. The van der Waals surface area contributed by atoms with Gasteiger partial charge in [0.1, 0.15) is 12.6 Å². The molecule has 1 amide bonds. The van der Waals surface area contributed by atoms with Crippen LogP contribution in [0.4, 0.5) is 0 Å². The Balaban J connectivity index is 2.60. The third-order valence-electron chi connectivity index (χ3n) is 2.12. The minimum absolute atomic E-state index is 0.146. The molecule has 0 saturated heterocycles. The van der Waals surface area contributed by atoms with Gasteiger partial charge in [-0.05, 0) is 12.1 Å². The van der Waals surface area contributed by atoms with Crippen LogP contribution in [0.2, 0.25) is 0 Å². The molecule has 18 heavy (non-hydrogen) atoms. The number of benzene rings is 1. The van der Waals surface area contributed by atoms with Crippen molar-refractivity contribution < 1.29 is 14.3 Å². The van der Waals surface area contributed by atoms with Crippen LogP contribution in [0.25, 0.3) is 0 Å². The molecule has 1 N–H and O–H groups in total. The largest absolute Gasteiger partial charge is 0.460 e. The van der Waals surface area contributed by atoms with Crippen LogP contribution in [0.5, 0.6) is 0 Å². The quantitative estimate of drug-likeness (QED) is 0.366. The van der Waals surface area contributed by atoms with Crippen LogP contribution in [0.3, 0.4) is 0 Å². The van der Waals surface area contributed by atoms with Crippen molar-refractivity contribution >= 4 is 34.5 Å². The number of halogens is 1. The Bertz CT molecular complexity index is 420. The summed E-state index contributed by atoms with van der Waals surface area (Å²) in [7, 11) is 0. The number of rotatable bonds is 6. The van der Waals surface area contributed by atoms with Crippen molar-refractivity contribution in [3.63, 3.8) is 0 Å². The van der Waals surface area contributed by atoms with E-state index < -0.39 is 12.0 Å². The molecule has 0 saturated carbocycles. The molecule has 0 bridgehead atoms. The van der Waals surface area contributed by atoms with Gasteiger partial charge in [-0.15, -0.1) is 0 Å². The molecule has 1 atom stereocenters. The van der Waals surface area contributed by atoms with Gasteiger partial charge in [-0.3, -0.25) is 4.79 Å². The van der Waals surface area contributed by atoms with E-state index in [2.05, 4.69) is 11.9 Å². The van der Waals surface area contributed by atoms with Crippen LogP contribution in [0.15, 0.2) is 43.0 Å². The Labute approximate surface area is 120 Å². The lowest BCUT2D eigenvalue weighted by molar-refractivity contribution is -0.143. The molecule has 5 heteroatoms. The van der Waals surface area contributed by atoms with Crippen molar-refractivity contribution in [3.8, 4) is 0 Å². The number of hydrogen-bond donors (Lipinski definition) is 1. The highest BCUT2D eigenvalue weighted by Crippen LogP contribution is 2.01. The highest BCUT2D eigenvalue weighted by molar-refractivity contribution is 14.1. The maximum absolute atomic E-state index is 11.8. The second-order valence-electron chi connectivity index (χ2n) is 3.47. The zero-order chi connectivity index (χ0) is 13.4. The first-order valence-electron chi connectivity index (χ1n) is 5.38. The molecule has 96 valence electrons. The summed E-state index contributed by atoms with van der Waals surface area (Å²) in [5.74, 6) is -0.735. The highest BCUT2D eigenvalue weighted by Gasteiger charge is 2.21. The molecule has 0 radical (unpaired) electrons. The first kappa shape index (κ1) is 14.7. The standard InChI is InChI=1S/C13H14INO3/c1-2-8-18-13(17)11(9-14)15-12(16)10-6-4-3-5-7-10/h2-7,11H,1,8-9H2,(H,15,16)/t11-/m1/s1. The summed E-state index contributed by atoms with van der Waals surface area (Å²) in [4.78, 5) is 23.5. The van der Waals surface area contributed by atoms with Crippen LogP contribution in [0.1, 0.15) is 10.4 Å². The van der Waals surface area contributed by atoms with Crippen molar-refractivity contribution in [2.24, 2.45) is 0 Å². The Morgan fingerprint density at radius 3 is 2.61 bits per heavy atom. The predicted molar refractivity (Wildman–Crippen MR) is 77.7 cm³/mol. The Morgan fingerprint density at radius 1 is 1.39 bits per heavy atom. The summed E-state index contributed by atoms with van der Waals surface area (Å²) in [5.41, 5.74) is 0.517. The number of amides is 1. The van der Waals surface area contributed by atoms with E-state index in [9.17, 15) is 9.59 Å². The van der Waals surface area contributed by atoms with Gasteiger partial charge in [-0.1, -0.05) is 53.4 Å². The van der Waals surface area contributed by atoms with E-state index in [4.69, 9.17) is 4.74 Å². The van der Waals surface area contributed by atoms with Crippen molar-refractivity contribution in [3.05, 3.63) is 48.6 Å². The maximum Gasteiger partial charge on any atom is 0.329 e. The minimum atomic E-state index is -0.641. The molecule has 0 fully saturated rings. The van der Waals surface area contributed by atoms with Crippen LogP contribution >= 0.6 is 22.6 Å². The number of esters is 1. The highest BCUT2D eigenvalue weighted by atomic mass is 127. The van der Waals surface area contributed by atoms with Crippen molar-refractivity contribution in [2.75, 3.05) is 11.0 Å². The molecular formula is C13H14INO3. The summed E-state index contributed by atoms with van der Waals surface area (Å²) in [5, 5.41) is 2.64. The van der Waals surface area contributed by atoms with Gasteiger partial charge >= 0.3 is 5.97 Å². The molecule has 0 aromatic heterocycles. The van der Waals surface area contributed by atoms with Gasteiger partial charge in [0.2, 0.25) is 0 Å². The fourth-order valence-electron chi connectivity index (χ4n) is 1.23. The summed E-state index contributed by atoms with van der Waals surface area (Å²) >= 11 is 2.03. The van der Waals surface area contributed by atoms with Gasteiger partial charge in [0.25, 0.3) is 5.91 Å². The van der Waals surface area contributed by atoms with Crippen molar-refractivity contribution in [2.45, 2.75) is 6.04 Å². The Hall–Kier alpha value is -1.37. The topological polar surface area (TPSA) is 55.4 Å². The van der Waals surface area contributed by atoms with Gasteiger partial charge < -0.3 is 10.1 Å². The zero-order valence-electron chi connectivity index (χ0n) is 9.77. The van der Waals surface area contributed by atoms with Crippen LogP contribution in [-0.4, -0.2) is 29.0 Å². The van der Waals surface area contributed by atoms with Crippen LogP contribution < -0.4 is 5.32 Å². The molecule has 0 unspecified atom stereocenters. The second kappa shape index (κ2) is 7.86. The number of carbonyl (C=O) groups excluding carboxylic acids is 2. The SMILES string of the molecule is C=CCOC(=O)[C@@H](CI)NC(=O)c1ccccc1. The lowest BCUT2D eigenvalue weighted by atomic mass is 10.2. The summed E-state index contributed by atoms with van der Waals surface area (Å²) < 4.78 is 5.36. The van der Waals surface area contributed by atoms with Gasteiger partial charge in [0.05, 0.1) is 0 Å². The summed E-state index contributed by atoms with van der Waals surface area (Å²) in [6, 6.07) is 8.10. The molecule has 1 aromatic rings. The molecular weight excluding hydrogens is 345 g/mol. The maximum atomic E-state index is 11.8. The first-order valence-corrected chi connectivity index (χ1v) is 6.91. The fourth-order valence-corrected chi connectivity index (χ4v) is 1.81. The number of hydrogen-bond acceptors (Lipinski definition) is 3. The van der Waals surface area contributed by atoms with E-state index in [-0.39, 0.29) is 12.5 Å². The molecule has 0 heterocycles. The van der Waals surface area contributed by atoms with Gasteiger partial charge in [-0.25, -0.2) is 4.79 Å². The van der Waals surface area contributed by atoms with Crippen molar-refractivity contribution in [1.29, 1.82) is 0 Å². The van der Waals surface area contributed by atoms with Gasteiger partial charge in [0.15, 0.2) is 0 Å². The van der Waals surface area contributed by atoms with Crippen LogP contribution in [0, 0.1) is 0 Å². The normalized spacial score (nSPS) is 11.4. The Kier molecular flexibility index (Phi) is 6.42. The van der Waals surface area contributed by atoms with E-state index >= 15 is 0 Å². The van der Waals surface area contributed by atoms with Crippen molar-refractivity contribution in [1.82, 2.24) is 5.32 Å². The minimum Gasteiger partial charge on any atom is -0.460 e. The van der Waals surface area contributed by atoms with E-state index in [1.165, 1.54) is 6.08 Å². The smallest absolute Gasteiger partial charge is 0.329 e. The predicted octanol–water partition coefficient (Wildman–Crippen LogP) is 1.95. The van der Waals surface area contributed by atoms with Gasteiger partial charge in [-0.2, -0.15) is 0 Å². The lowest BCUT2D eigenvalue weighted by Crippen LogP contribution is -2.43. The fraction of sp³-hybridized carbons (Fsp3) is 0.231. The average Bonchev–Trinajstić information content (AvgIpc) is 2.42. The van der Waals surface area contributed by atoms with Gasteiger partial charge in [0, 0.05) is 9.99 Å². The average molecular weight is 359 g/mol. The summed E-state index contributed by atoms with van der Waals surface area (Å²) in [6.07, 6.45) is 1.49. The monoisotopic (exact) mass is 359 g/mol. The van der Waals surface area contributed by atoms with E-state index in [0.29, 0.717) is 9.99 Å². The second-order valence-corrected chi connectivity index (χ2v) is 4.35. The molecule has 0 aliphatic rings. The molecule has 1 rings (SSSR count). The zero-order valence-corrected chi connectivity index (χ0v) is 11.9. The number of carbonyl (C=O) groups is 2. The summed E-state index contributed by atoms with van der Waals surface area (Å²) in [6.45, 7) is 3.61. The first-order chi connectivity index (χ1) is 8.69. The Morgan fingerprint density at radius 2 is 2.06 bits per heavy atom. The lowest BCUT2D eigenvalue weighted by Gasteiger charge is -2.14. The third-order valence-corrected chi connectivity index (χ3v) is 3.00. The number of nitrogens with one attached hydrogen (secondary N) is 1. The van der Waals surface area contributed by atoms with E-state index in [0.717, 1.165) is 0 Å². The van der Waals surface area contributed by atoms with E-state index in [1.807, 2.05) is 28.7 Å².